The lowest BCUT2D eigenvalue weighted by Crippen LogP contribution is -2.30. The first-order valence-corrected chi connectivity index (χ1v) is 6.54. The van der Waals surface area contributed by atoms with Gasteiger partial charge < -0.3 is 0 Å². The molecule has 0 bridgehead atoms. The first kappa shape index (κ1) is 12.9. The summed E-state index contributed by atoms with van der Waals surface area (Å²) in [5.74, 6) is 0.921. The van der Waals surface area contributed by atoms with Crippen LogP contribution in [-0.4, -0.2) is 18.9 Å². The van der Waals surface area contributed by atoms with E-state index in [1.165, 1.54) is 0 Å². The van der Waals surface area contributed by atoms with Crippen molar-refractivity contribution in [3.63, 3.8) is 0 Å². The van der Waals surface area contributed by atoms with E-state index in [1.807, 2.05) is 0 Å². The lowest BCUT2D eigenvalue weighted by atomic mass is 10.1. The van der Waals surface area contributed by atoms with Crippen LogP contribution >= 0.6 is 0 Å². The van der Waals surface area contributed by atoms with Crippen LogP contribution in [0.4, 0.5) is 0 Å². The molecule has 0 aliphatic carbocycles. The highest BCUT2D eigenvalue weighted by Crippen LogP contribution is 2.18. The average Bonchev–Trinajstić information content (AvgIpc) is 1.82. The van der Waals surface area contributed by atoms with E-state index in [2.05, 4.69) is 13.8 Å². The summed E-state index contributed by atoms with van der Waals surface area (Å²) in [5.41, 5.74) is 0. The summed E-state index contributed by atoms with van der Waals surface area (Å²) in [7, 11) is -2.89. The first-order chi connectivity index (χ1) is 5.67. The van der Waals surface area contributed by atoms with Crippen LogP contribution in [0.15, 0.2) is 0 Å². The molecule has 0 atom stereocenters. The molecule has 0 radical (unpaired) electrons. The van der Waals surface area contributed by atoms with E-state index in [9.17, 15) is 8.42 Å². The maximum atomic E-state index is 11.6. The lowest BCUT2D eigenvalue weighted by molar-refractivity contribution is 0.540. The summed E-state index contributed by atoms with van der Waals surface area (Å²) in [4.78, 5) is 0. The molecule has 0 rings (SSSR count). The molecule has 0 saturated carbocycles. The molecule has 0 spiro atoms. The molecule has 0 aliphatic rings. The van der Waals surface area contributed by atoms with Gasteiger partial charge >= 0.3 is 0 Å². The minimum absolute atomic E-state index is 0.328. The zero-order valence-electron chi connectivity index (χ0n) is 9.42. The summed E-state index contributed by atoms with van der Waals surface area (Å²) in [6, 6.07) is 0. The molecule has 0 N–H and O–H groups in total. The molecular weight excluding hydrogens is 184 g/mol. The Labute approximate surface area is 82.6 Å². The number of sulfone groups is 1. The van der Waals surface area contributed by atoms with Gasteiger partial charge in [0.2, 0.25) is 0 Å². The highest BCUT2D eigenvalue weighted by atomic mass is 32.2. The predicted octanol–water partition coefficient (Wildman–Crippen LogP) is 2.64. The largest absolute Gasteiger partial charge is 0.228 e. The van der Waals surface area contributed by atoms with Gasteiger partial charge in [-0.3, -0.25) is 0 Å². The van der Waals surface area contributed by atoms with Gasteiger partial charge in [-0.1, -0.05) is 20.3 Å². The van der Waals surface area contributed by atoms with Gasteiger partial charge in [0.25, 0.3) is 0 Å². The molecule has 80 valence electrons. The molecule has 13 heavy (non-hydrogen) atoms. The monoisotopic (exact) mass is 206 g/mol. The van der Waals surface area contributed by atoms with Gasteiger partial charge in [-0.05, 0) is 33.1 Å². The fourth-order valence-corrected chi connectivity index (χ4v) is 2.15. The van der Waals surface area contributed by atoms with E-state index >= 15 is 0 Å². The van der Waals surface area contributed by atoms with E-state index in [0.717, 1.165) is 12.8 Å². The normalized spacial score (nSPS) is 13.7. The highest BCUT2D eigenvalue weighted by Gasteiger charge is 2.27. The Hall–Kier alpha value is -0.0500. The van der Waals surface area contributed by atoms with Gasteiger partial charge in [-0.15, -0.1) is 0 Å². The van der Waals surface area contributed by atoms with Crippen molar-refractivity contribution in [2.45, 2.75) is 52.2 Å². The fraction of sp³-hybridized carbons (Fsp3) is 1.00. The second-order valence-electron chi connectivity index (χ2n) is 4.97. The van der Waals surface area contributed by atoms with E-state index in [4.69, 9.17) is 0 Å². The molecular formula is C10H22O2S. The molecule has 0 aliphatic heterocycles. The van der Waals surface area contributed by atoms with Gasteiger partial charge in [0.1, 0.15) is 0 Å². The molecule has 0 heterocycles. The van der Waals surface area contributed by atoms with Gasteiger partial charge in [0.05, 0.1) is 10.5 Å². The van der Waals surface area contributed by atoms with Gasteiger partial charge in [0.15, 0.2) is 9.84 Å². The zero-order valence-corrected chi connectivity index (χ0v) is 10.2. The maximum Gasteiger partial charge on any atom is 0.155 e. The van der Waals surface area contributed by atoms with Crippen molar-refractivity contribution in [3.05, 3.63) is 0 Å². The summed E-state index contributed by atoms with van der Waals surface area (Å²) in [5, 5.41) is 0. The van der Waals surface area contributed by atoms with Gasteiger partial charge in [-0.25, -0.2) is 8.42 Å². The Kier molecular flexibility index (Phi) is 4.43. The average molecular weight is 206 g/mol. The first-order valence-electron chi connectivity index (χ1n) is 4.89. The van der Waals surface area contributed by atoms with Gasteiger partial charge in [-0.2, -0.15) is 0 Å². The van der Waals surface area contributed by atoms with Crippen LogP contribution in [0.3, 0.4) is 0 Å². The Balaban J connectivity index is 4.07. The quantitative estimate of drug-likeness (QED) is 0.708. The second-order valence-corrected chi connectivity index (χ2v) is 7.83. The van der Waals surface area contributed by atoms with Crippen LogP contribution in [0.1, 0.15) is 47.5 Å². The molecule has 0 aromatic rings. The third kappa shape index (κ3) is 4.65. The minimum atomic E-state index is -2.89. The number of rotatable bonds is 4. The summed E-state index contributed by atoms with van der Waals surface area (Å²) in [6.07, 6.45) is 1.78. The predicted molar refractivity (Wildman–Crippen MR) is 57.6 cm³/mol. The van der Waals surface area contributed by atoms with Crippen LogP contribution in [0.25, 0.3) is 0 Å². The Bertz CT molecular complexity index is 232. The third-order valence-corrected chi connectivity index (χ3v) is 4.82. The Morgan fingerprint density at radius 3 is 1.92 bits per heavy atom. The second kappa shape index (κ2) is 4.45. The number of hydrogen-bond donors (Lipinski definition) is 0. The zero-order chi connectivity index (χ0) is 10.7. The molecule has 0 aromatic heterocycles. The molecule has 0 aromatic carbocycles. The smallest absolute Gasteiger partial charge is 0.155 e. The van der Waals surface area contributed by atoms with E-state index < -0.39 is 14.6 Å². The van der Waals surface area contributed by atoms with E-state index in [-0.39, 0.29) is 0 Å². The summed E-state index contributed by atoms with van der Waals surface area (Å²) in [6.45, 7) is 9.51. The lowest BCUT2D eigenvalue weighted by Gasteiger charge is -2.19. The molecule has 0 saturated heterocycles. The Morgan fingerprint density at radius 1 is 1.15 bits per heavy atom. The standard InChI is InChI=1S/C10H22O2S/c1-9(2)7-6-8-13(11,12)10(3,4)5/h9H,6-8H2,1-5H3. The molecule has 2 nitrogen and oxygen atoms in total. The highest BCUT2D eigenvalue weighted by molar-refractivity contribution is 7.92. The number of hydrogen-bond acceptors (Lipinski definition) is 2. The van der Waals surface area contributed by atoms with Crippen molar-refractivity contribution in [2.24, 2.45) is 5.92 Å². The Morgan fingerprint density at radius 2 is 1.62 bits per heavy atom. The minimum Gasteiger partial charge on any atom is -0.228 e. The summed E-state index contributed by atoms with van der Waals surface area (Å²) >= 11 is 0. The van der Waals surface area contributed by atoms with Gasteiger partial charge in [0, 0.05) is 0 Å². The van der Waals surface area contributed by atoms with E-state index in [1.54, 1.807) is 20.8 Å². The van der Waals surface area contributed by atoms with Crippen molar-refractivity contribution in [3.8, 4) is 0 Å². The van der Waals surface area contributed by atoms with Crippen LogP contribution in [0, 0.1) is 5.92 Å². The van der Waals surface area contributed by atoms with Crippen molar-refractivity contribution in [1.29, 1.82) is 0 Å². The van der Waals surface area contributed by atoms with Crippen molar-refractivity contribution in [2.75, 3.05) is 5.75 Å². The van der Waals surface area contributed by atoms with Crippen LogP contribution in [0.5, 0.6) is 0 Å². The van der Waals surface area contributed by atoms with Crippen molar-refractivity contribution >= 4 is 9.84 Å². The van der Waals surface area contributed by atoms with E-state index in [0.29, 0.717) is 11.7 Å². The molecule has 0 amide bonds. The SMILES string of the molecule is CC(C)CCCS(=O)(=O)C(C)(C)C. The van der Waals surface area contributed by atoms with Crippen LogP contribution in [-0.2, 0) is 9.84 Å². The maximum absolute atomic E-state index is 11.6. The molecule has 3 heteroatoms. The van der Waals surface area contributed by atoms with Crippen molar-refractivity contribution in [1.82, 2.24) is 0 Å². The van der Waals surface area contributed by atoms with Crippen LogP contribution in [0.2, 0.25) is 0 Å². The molecule has 0 fully saturated rings. The topological polar surface area (TPSA) is 34.1 Å². The third-order valence-electron chi connectivity index (χ3n) is 2.13. The van der Waals surface area contributed by atoms with Crippen LogP contribution < -0.4 is 0 Å². The summed E-state index contributed by atoms with van der Waals surface area (Å²) < 4.78 is 22.7. The van der Waals surface area contributed by atoms with Crippen molar-refractivity contribution < 1.29 is 8.42 Å². The fourth-order valence-electron chi connectivity index (χ4n) is 0.988. The molecule has 0 unspecified atom stereocenters.